The van der Waals surface area contributed by atoms with Crippen molar-refractivity contribution >= 4 is 22.7 Å². The van der Waals surface area contributed by atoms with Gasteiger partial charge in [-0.25, -0.2) is 0 Å². The van der Waals surface area contributed by atoms with E-state index in [2.05, 4.69) is 4.98 Å². The van der Waals surface area contributed by atoms with E-state index in [1.807, 2.05) is 79.7 Å². The van der Waals surface area contributed by atoms with Gasteiger partial charge < -0.3 is 29.4 Å². The van der Waals surface area contributed by atoms with Crippen LogP contribution in [0.2, 0.25) is 0 Å². The Bertz CT molecular complexity index is 1530. The van der Waals surface area contributed by atoms with Crippen LogP contribution in [0, 0.1) is 0 Å². The predicted molar refractivity (Wildman–Crippen MR) is 147 cm³/mol. The first-order valence-corrected chi connectivity index (χ1v) is 13.2. The quantitative estimate of drug-likeness (QED) is 0.381. The van der Waals surface area contributed by atoms with Crippen LogP contribution in [0.25, 0.3) is 10.9 Å². The van der Waals surface area contributed by atoms with Crippen LogP contribution in [0.15, 0.2) is 72.8 Å². The maximum Gasteiger partial charge on any atom is 0.246 e. The third kappa shape index (κ3) is 4.30. The second-order valence-electron chi connectivity index (χ2n) is 9.97. The van der Waals surface area contributed by atoms with Crippen LogP contribution in [0.5, 0.6) is 11.5 Å². The summed E-state index contributed by atoms with van der Waals surface area (Å²) in [6, 6.07) is 21.7. The number of hydrogen-bond donors (Lipinski definition) is 2. The van der Waals surface area contributed by atoms with Crippen molar-refractivity contribution in [3.8, 4) is 11.5 Å². The lowest BCUT2D eigenvalue weighted by Gasteiger charge is -2.47. The number of carbonyl (C=O) groups is 2. The molecule has 8 heteroatoms. The van der Waals surface area contributed by atoms with Gasteiger partial charge in [0.05, 0.1) is 39.0 Å². The number of methoxy groups -OCH3 is 1. The van der Waals surface area contributed by atoms with E-state index in [1.165, 1.54) is 4.90 Å². The minimum atomic E-state index is -0.882. The van der Waals surface area contributed by atoms with E-state index in [-0.39, 0.29) is 24.9 Å². The van der Waals surface area contributed by atoms with Crippen molar-refractivity contribution in [1.82, 2.24) is 14.8 Å². The first kappa shape index (κ1) is 25.0. The maximum atomic E-state index is 13.9. The number of aliphatic hydroxyl groups is 1. The van der Waals surface area contributed by atoms with Gasteiger partial charge >= 0.3 is 0 Å². The van der Waals surface area contributed by atoms with Crippen molar-refractivity contribution in [3.05, 3.63) is 95.2 Å². The Morgan fingerprint density at radius 3 is 2.56 bits per heavy atom. The number of nitrogens with one attached hydrogen (secondary N) is 1. The van der Waals surface area contributed by atoms with Gasteiger partial charge in [-0.05, 0) is 41.8 Å². The molecule has 3 aromatic carbocycles. The first-order valence-electron chi connectivity index (χ1n) is 13.2. The van der Waals surface area contributed by atoms with Gasteiger partial charge in [0.25, 0.3) is 0 Å². The van der Waals surface area contributed by atoms with Crippen LogP contribution in [0.4, 0.5) is 0 Å². The lowest BCUT2D eigenvalue weighted by molar-refractivity contribution is -0.159. The number of ether oxygens (including phenoxy) is 2. The van der Waals surface area contributed by atoms with E-state index < -0.39 is 18.2 Å². The molecule has 3 atom stereocenters. The topological polar surface area (TPSA) is 95.1 Å². The highest BCUT2D eigenvalue weighted by Crippen LogP contribution is 2.44. The molecule has 200 valence electrons. The fourth-order valence-corrected chi connectivity index (χ4v) is 5.94. The molecule has 0 radical (unpaired) electrons. The number of rotatable bonds is 7. The van der Waals surface area contributed by atoms with E-state index in [1.54, 1.807) is 12.0 Å². The third-order valence-electron chi connectivity index (χ3n) is 7.72. The normalized spacial score (nSPS) is 19.6. The molecule has 2 amide bonds. The minimum absolute atomic E-state index is 0.0568. The predicted octanol–water partition coefficient (Wildman–Crippen LogP) is 3.99. The Balaban J connectivity index is 1.42. The molecule has 1 aromatic heterocycles. The number of β-amino-alcohol motifs (C(OH)–C–C–N with tert-alkyl or cyclic N) is 1. The summed E-state index contributed by atoms with van der Waals surface area (Å²) in [6.07, 6.45) is -0.486. The molecule has 0 spiro atoms. The molecule has 6 rings (SSSR count). The van der Waals surface area contributed by atoms with Gasteiger partial charge in [0.2, 0.25) is 11.8 Å². The monoisotopic (exact) mass is 525 g/mol. The van der Waals surface area contributed by atoms with Gasteiger partial charge in [0.15, 0.2) is 11.5 Å². The maximum absolute atomic E-state index is 13.9. The molecule has 0 bridgehead atoms. The summed E-state index contributed by atoms with van der Waals surface area (Å²) in [5.74, 6) is 0.859. The molecule has 1 saturated heterocycles. The Kier molecular flexibility index (Phi) is 6.48. The fourth-order valence-electron chi connectivity index (χ4n) is 5.94. The van der Waals surface area contributed by atoms with Crippen molar-refractivity contribution in [2.75, 3.05) is 26.8 Å². The molecule has 2 aliphatic heterocycles. The van der Waals surface area contributed by atoms with Gasteiger partial charge in [-0.15, -0.1) is 0 Å². The van der Waals surface area contributed by atoms with E-state index in [0.717, 1.165) is 27.7 Å². The number of amides is 2. The Labute approximate surface area is 226 Å². The average Bonchev–Trinajstić information content (AvgIpc) is 3.34. The summed E-state index contributed by atoms with van der Waals surface area (Å²) in [7, 11) is 1.59. The highest BCUT2D eigenvalue weighted by atomic mass is 16.5. The van der Waals surface area contributed by atoms with Crippen LogP contribution in [-0.4, -0.2) is 64.6 Å². The van der Waals surface area contributed by atoms with Crippen molar-refractivity contribution in [1.29, 1.82) is 0 Å². The number of aromatic amines is 1. The van der Waals surface area contributed by atoms with Crippen LogP contribution in [0.1, 0.15) is 41.5 Å². The highest BCUT2D eigenvalue weighted by Gasteiger charge is 2.48. The molecule has 0 aliphatic carbocycles. The van der Waals surface area contributed by atoms with E-state index in [4.69, 9.17) is 9.47 Å². The molecule has 0 unspecified atom stereocenters. The number of fused-ring (bicyclic) bond motifs is 4. The van der Waals surface area contributed by atoms with Crippen molar-refractivity contribution < 1.29 is 24.2 Å². The Morgan fingerprint density at radius 2 is 1.79 bits per heavy atom. The molecule has 2 aliphatic rings. The van der Waals surface area contributed by atoms with E-state index >= 15 is 0 Å². The fraction of sp³-hybridized carbons (Fsp3) is 0.290. The zero-order valence-electron chi connectivity index (χ0n) is 22.0. The number of aromatic nitrogens is 1. The summed E-state index contributed by atoms with van der Waals surface area (Å²) in [5.41, 5.74) is 4.42. The largest absolute Gasteiger partial charge is 0.493 e. The number of piperazine rings is 1. The summed E-state index contributed by atoms with van der Waals surface area (Å²) in [6.45, 7) is 2.37. The highest BCUT2D eigenvalue weighted by molar-refractivity contribution is 5.97. The van der Waals surface area contributed by atoms with Gasteiger partial charge in [0, 0.05) is 23.0 Å². The summed E-state index contributed by atoms with van der Waals surface area (Å²) in [4.78, 5) is 34.5. The zero-order chi connectivity index (χ0) is 27.1. The van der Waals surface area contributed by atoms with Gasteiger partial charge in [-0.2, -0.15) is 0 Å². The standard InChI is InChI=1S/C31H31N3O5/c1-3-39-26-14-13-20(15-27(26)38-2)30-29-22(21-11-7-8-12-23(21)32-29)16-24-31(37)33(18-28(36)34(24)30)17-25(35)19-9-5-4-6-10-19/h4-15,24-25,30,32,35H,3,16-18H2,1-2H3/t24-,25-,30-/m0/s1. The van der Waals surface area contributed by atoms with Crippen molar-refractivity contribution in [2.45, 2.75) is 31.5 Å². The SMILES string of the molecule is CCOc1ccc([C@H]2c3[nH]c4ccccc4c3C[C@H]3C(=O)N(C[C@H](O)c4ccccc4)CC(=O)N23)cc1OC. The number of H-pyrrole nitrogens is 1. The summed E-state index contributed by atoms with van der Waals surface area (Å²) in [5, 5.41) is 11.9. The van der Waals surface area contributed by atoms with Gasteiger partial charge in [-0.3, -0.25) is 9.59 Å². The Morgan fingerprint density at radius 1 is 1.03 bits per heavy atom. The average molecular weight is 526 g/mol. The van der Waals surface area contributed by atoms with E-state index in [9.17, 15) is 14.7 Å². The van der Waals surface area contributed by atoms with Crippen LogP contribution >= 0.6 is 0 Å². The third-order valence-corrected chi connectivity index (χ3v) is 7.72. The first-order chi connectivity index (χ1) is 19.0. The van der Waals surface area contributed by atoms with Crippen molar-refractivity contribution in [2.24, 2.45) is 0 Å². The molecule has 2 N–H and O–H groups in total. The number of aliphatic hydroxyl groups excluding tert-OH is 1. The molecule has 3 heterocycles. The van der Waals surface area contributed by atoms with Gasteiger partial charge in [-0.1, -0.05) is 54.6 Å². The van der Waals surface area contributed by atoms with Crippen LogP contribution in [-0.2, 0) is 16.0 Å². The van der Waals surface area contributed by atoms with Crippen LogP contribution in [0.3, 0.4) is 0 Å². The molecule has 4 aromatic rings. The number of carbonyl (C=O) groups excluding carboxylic acids is 2. The minimum Gasteiger partial charge on any atom is -0.493 e. The molecule has 8 nitrogen and oxygen atoms in total. The van der Waals surface area contributed by atoms with Crippen LogP contribution < -0.4 is 9.47 Å². The number of hydrogen-bond acceptors (Lipinski definition) is 5. The zero-order valence-corrected chi connectivity index (χ0v) is 22.0. The molecule has 0 saturated carbocycles. The molecule has 1 fully saturated rings. The molecular formula is C31H31N3O5. The number of para-hydroxylation sites is 1. The number of benzene rings is 3. The molecular weight excluding hydrogens is 494 g/mol. The molecule has 39 heavy (non-hydrogen) atoms. The number of nitrogens with zero attached hydrogens (tertiary/aromatic N) is 2. The van der Waals surface area contributed by atoms with Crippen molar-refractivity contribution in [3.63, 3.8) is 0 Å². The van der Waals surface area contributed by atoms with Gasteiger partial charge in [0.1, 0.15) is 6.04 Å². The summed E-state index contributed by atoms with van der Waals surface area (Å²) < 4.78 is 11.3. The Hall–Kier alpha value is -4.30. The smallest absolute Gasteiger partial charge is 0.246 e. The lowest BCUT2D eigenvalue weighted by atomic mass is 9.86. The second-order valence-corrected chi connectivity index (χ2v) is 9.97. The second kappa shape index (κ2) is 10.1. The lowest BCUT2D eigenvalue weighted by Crippen LogP contribution is -2.63. The summed E-state index contributed by atoms with van der Waals surface area (Å²) >= 11 is 0. The van der Waals surface area contributed by atoms with E-state index in [0.29, 0.717) is 30.1 Å².